The van der Waals surface area contributed by atoms with E-state index < -0.39 is 17.5 Å². The number of carbonyl (C=O) groups excluding carboxylic acids is 1. The van der Waals surface area contributed by atoms with E-state index in [0.29, 0.717) is 32.2 Å². The summed E-state index contributed by atoms with van der Waals surface area (Å²) in [4.78, 5) is 26.8. The fourth-order valence-corrected chi connectivity index (χ4v) is 1.83. The topological polar surface area (TPSA) is 120 Å². The molecule has 1 heterocycles. The molecular formula is C12H21N5O3. The average molecular weight is 283 g/mol. The van der Waals surface area contributed by atoms with Crippen molar-refractivity contribution < 1.29 is 14.7 Å². The summed E-state index contributed by atoms with van der Waals surface area (Å²) in [5, 5.41) is 20.7. The largest absolute Gasteiger partial charge is 0.480 e. The molecule has 8 nitrogen and oxygen atoms in total. The molecule has 0 fully saturated rings. The molecule has 0 aliphatic carbocycles. The number of aromatic amines is 1. The predicted molar refractivity (Wildman–Crippen MR) is 72.2 cm³/mol. The number of urea groups is 1. The standard InChI is InChI=1S/C12H21N5O3/c1-3-6-12(2,10(18)19)16-11(20)13-7-4-5-9-14-8-15-17-9/h8H,3-7H2,1-2H3,(H,18,19)(H2,13,16,20)(H,14,15,17). The number of nitrogens with one attached hydrogen (secondary N) is 3. The molecule has 0 aromatic carbocycles. The minimum absolute atomic E-state index is 0.383. The first-order chi connectivity index (χ1) is 9.48. The Labute approximate surface area is 117 Å². The molecule has 112 valence electrons. The van der Waals surface area contributed by atoms with Gasteiger partial charge in [-0.05, 0) is 19.8 Å². The van der Waals surface area contributed by atoms with E-state index in [9.17, 15) is 9.59 Å². The van der Waals surface area contributed by atoms with Crippen LogP contribution in [-0.4, -0.2) is 44.4 Å². The van der Waals surface area contributed by atoms with Gasteiger partial charge < -0.3 is 15.7 Å². The molecule has 1 aromatic rings. The Morgan fingerprint density at radius 2 is 2.25 bits per heavy atom. The van der Waals surface area contributed by atoms with Crippen LogP contribution in [0.1, 0.15) is 38.9 Å². The van der Waals surface area contributed by atoms with E-state index in [2.05, 4.69) is 25.8 Å². The highest BCUT2D eigenvalue weighted by Gasteiger charge is 2.33. The van der Waals surface area contributed by atoms with Gasteiger partial charge in [-0.15, -0.1) is 0 Å². The molecule has 1 aromatic heterocycles. The zero-order chi connectivity index (χ0) is 15.0. The Morgan fingerprint density at radius 1 is 1.50 bits per heavy atom. The first-order valence-electron chi connectivity index (χ1n) is 6.61. The van der Waals surface area contributed by atoms with Crippen LogP contribution in [0.4, 0.5) is 4.79 Å². The van der Waals surface area contributed by atoms with Crippen LogP contribution in [0.15, 0.2) is 6.33 Å². The Kier molecular flexibility index (Phi) is 5.95. The molecule has 0 bridgehead atoms. The molecule has 0 spiro atoms. The number of amides is 2. The van der Waals surface area contributed by atoms with Crippen molar-refractivity contribution in [3.8, 4) is 0 Å². The fourth-order valence-electron chi connectivity index (χ4n) is 1.83. The fraction of sp³-hybridized carbons (Fsp3) is 0.667. The van der Waals surface area contributed by atoms with Crippen LogP contribution in [0.3, 0.4) is 0 Å². The van der Waals surface area contributed by atoms with Crippen LogP contribution in [0, 0.1) is 0 Å². The zero-order valence-corrected chi connectivity index (χ0v) is 11.8. The quantitative estimate of drug-likeness (QED) is 0.523. The van der Waals surface area contributed by atoms with Crippen molar-refractivity contribution in [3.63, 3.8) is 0 Å². The van der Waals surface area contributed by atoms with Crippen molar-refractivity contribution in [1.29, 1.82) is 0 Å². The van der Waals surface area contributed by atoms with Crippen LogP contribution in [0.25, 0.3) is 0 Å². The number of hydrogen-bond acceptors (Lipinski definition) is 4. The van der Waals surface area contributed by atoms with E-state index in [-0.39, 0.29) is 0 Å². The van der Waals surface area contributed by atoms with Crippen LogP contribution in [-0.2, 0) is 11.2 Å². The first kappa shape index (κ1) is 15.9. The summed E-state index contributed by atoms with van der Waals surface area (Å²) < 4.78 is 0. The van der Waals surface area contributed by atoms with Crippen molar-refractivity contribution in [2.24, 2.45) is 0 Å². The number of aryl methyl sites for hydroxylation is 1. The predicted octanol–water partition coefficient (Wildman–Crippen LogP) is 0.680. The Morgan fingerprint density at radius 3 is 2.80 bits per heavy atom. The number of rotatable bonds is 8. The SMILES string of the molecule is CCCC(C)(NC(=O)NCCCc1ncn[nH]1)C(=O)O. The summed E-state index contributed by atoms with van der Waals surface area (Å²) >= 11 is 0. The molecule has 0 aliphatic rings. The number of aliphatic carboxylic acids is 1. The van der Waals surface area contributed by atoms with E-state index in [1.807, 2.05) is 6.92 Å². The molecule has 4 N–H and O–H groups in total. The second-order valence-corrected chi connectivity index (χ2v) is 4.80. The van der Waals surface area contributed by atoms with Gasteiger partial charge in [-0.2, -0.15) is 5.10 Å². The number of carboxylic acids is 1. The van der Waals surface area contributed by atoms with E-state index >= 15 is 0 Å². The highest BCUT2D eigenvalue weighted by atomic mass is 16.4. The number of aromatic nitrogens is 3. The molecule has 1 unspecified atom stereocenters. The minimum atomic E-state index is -1.23. The van der Waals surface area contributed by atoms with Gasteiger partial charge in [-0.1, -0.05) is 13.3 Å². The third-order valence-corrected chi connectivity index (χ3v) is 2.95. The molecular weight excluding hydrogens is 262 g/mol. The molecule has 8 heteroatoms. The van der Waals surface area contributed by atoms with Gasteiger partial charge in [-0.3, -0.25) is 5.10 Å². The van der Waals surface area contributed by atoms with Gasteiger partial charge in [0.2, 0.25) is 0 Å². The van der Waals surface area contributed by atoms with Gasteiger partial charge in [0.1, 0.15) is 17.7 Å². The Bertz CT molecular complexity index is 434. The Balaban J connectivity index is 2.29. The van der Waals surface area contributed by atoms with Crippen LogP contribution < -0.4 is 10.6 Å². The minimum Gasteiger partial charge on any atom is -0.480 e. The van der Waals surface area contributed by atoms with Crippen molar-refractivity contribution in [2.75, 3.05) is 6.54 Å². The lowest BCUT2D eigenvalue weighted by atomic mass is 9.97. The monoisotopic (exact) mass is 283 g/mol. The summed E-state index contributed by atoms with van der Waals surface area (Å²) in [6, 6.07) is -0.471. The van der Waals surface area contributed by atoms with Gasteiger partial charge in [-0.25, -0.2) is 14.6 Å². The van der Waals surface area contributed by atoms with Gasteiger partial charge in [0.15, 0.2) is 0 Å². The summed E-state index contributed by atoms with van der Waals surface area (Å²) in [5.41, 5.74) is -1.23. The molecule has 2 amide bonds. The first-order valence-corrected chi connectivity index (χ1v) is 6.61. The Hall–Kier alpha value is -2.12. The molecule has 0 saturated heterocycles. The van der Waals surface area contributed by atoms with Crippen LogP contribution in [0.5, 0.6) is 0 Å². The molecule has 20 heavy (non-hydrogen) atoms. The highest BCUT2D eigenvalue weighted by Crippen LogP contribution is 2.12. The molecule has 1 rings (SSSR count). The normalized spacial score (nSPS) is 13.5. The van der Waals surface area contributed by atoms with Crippen molar-refractivity contribution in [3.05, 3.63) is 12.2 Å². The number of H-pyrrole nitrogens is 1. The number of nitrogens with zero attached hydrogens (tertiary/aromatic N) is 2. The lowest BCUT2D eigenvalue weighted by Gasteiger charge is -2.25. The lowest BCUT2D eigenvalue weighted by molar-refractivity contribution is -0.144. The maximum absolute atomic E-state index is 11.7. The van der Waals surface area contributed by atoms with E-state index in [1.54, 1.807) is 0 Å². The van der Waals surface area contributed by atoms with E-state index in [1.165, 1.54) is 13.3 Å². The third kappa shape index (κ3) is 4.87. The van der Waals surface area contributed by atoms with Crippen LogP contribution in [0.2, 0.25) is 0 Å². The maximum Gasteiger partial charge on any atom is 0.329 e. The molecule has 0 aliphatic heterocycles. The maximum atomic E-state index is 11.7. The summed E-state index contributed by atoms with van der Waals surface area (Å²) in [6.45, 7) is 3.82. The second kappa shape index (κ2) is 7.46. The molecule has 0 saturated carbocycles. The summed E-state index contributed by atoms with van der Waals surface area (Å²) in [5.74, 6) is -0.273. The second-order valence-electron chi connectivity index (χ2n) is 4.80. The van der Waals surface area contributed by atoms with Gasteiger partial charge in [0, 0.05) is 13.0 Å². The summed E-state index contributed by atoms with van der Waals surface area (Å²) in [7, 11) is 0. The number of hydrogen-bond donors (Lipinski definition) is 4. The van der Waals surface area contributed by atoms with Gasteiger partial charge >= 0.3 is 12.0 Å². The smallest absolute Gasteiger partial charge is 0.329 e. The van der Waals surface area contributed by atoms with Crippen molar-refractivity contribution in [1.82, 2.24) is 25.8 Å². The number of carbonyl (C=O) groups is 2. The zero-order valence-electron chi connectivity index (χ0n) is 11.8. The van der Waals surface area contributed by atoms with Gasteiger partial charge in [0.25, 0.3) is 0 Å². The van der Waals surface area contributed by atoms with Gasteiger partial charge in [0.05, 0.1) is 0 Å². The third-order valence-electron chi connectivity index (χ3n) is 2.95. The van der Waals surface area contributed by atoms with E-state index in [4.69, 9.17) is 5.11 Å². The van der Waals surface area contributed by atoms with Crippen molar-refractivity contribution >= 4 is 12.0 Å². The van der Waals surface area contributed by atoms with Crippen molar-refractivity contribution in [2.45, 2.75) is 45.1 Å². The highest BCUT2D eigenvalue weighted by molar-refractivity contribution is 5.85. The lowest BCUT2D eigenvalue weighted by Crippen LogP contribution is -2.55. The van der Waals surface area contributed by atoms with Crippen LogP contribution >= 0.6 is 0 Å². The van der Waals surface area contributed by atoms with E-state index in [0.717, 1.165) is 5.82 Å². The molecule has 0 radical (unpaired) electrons. The summed E-state index contributed by atoms with van der Waals surface area (Å²) in [6.07, 6.45) is 3.85. The molecule has 1 atom stereocenters. The average Bonchev–Trinajstić information content (AvgIpc) is 2.87. The number of carboxylic acid groups (broad SMARTS) is 1.